The van der Waals surface area contributed by atoms with E-state index in [1.165, 1.54) is 31.4 Å². The van der Waals surface area contributed by atoms with Gasteiger partial charge in [-0.25, -0.2) is 23.0 Å². The third-order valence-corrected chi connectivity index (χ3v) is 6.27. The summed E-state index contributed by atoms with van der Waals surface area (Å²) in [7, 11) is -3.65. The van der Waals surface area contributed by atoms with Crippen LogP contribution in [0.4, 0.5) is 5.13 Å². The number of hydrogen-bond donors (Lipinski definition) is 1. The summed E-state index contributed by atoms with van der Waals surface area (Å²) >= 11 is 1.06. The molecule has 0 bridgehead atoms. The van der Waals surface area contributed by atoms with E-state index in [-0.39, 0.29) is 21.4 Å². The zero-order valence-electron chi connectivity index (χ0n) is 19.0. The van der Waals surface area contributed by atoms with E-state index in [4.69, 9.17) is 20.0 Å². The molecular weight excluding hydrogens is 470 g/mol. The van der Waals surface area contributed by atoms with E-state index in [1.54, 1.807) is 39.0 Å². The fraction of sp³-hybridized carbons (Fsp3) is 0.429. The first-order valence-corrected chi connectivity index (χ1v) is 12.4. The zero-order chi connectivity index (χ0) is 24.9. The molecule has 0 radical (unpaired) electrons. The molecule has 1 heterocycles. The quantitative estimate of drug-likeness (QED) is 0.313. The van der Waals surface area contributed by atoms with E-state index in [1.807, 2.05) is 0 Å². The number of aromatic nitrogens is 1. The van der Waals surface area contributed by atoms with Crippen molar-refractivity contribution in [2.24, 2.45) is 5.16 Å². The lowest BCUT2D eigenvalue weighted by Gasteiger charge is -2.26. The summed E-state index contributed by atoms with van der Waals surface area (Å²) in [5.41, 5.74) is 3.06. The molecule has 10 nitrogen and oxygen atoms in total. The number of carbonyl (C=O) groups is 2. The summed E-state index contributed by atoms with van der Waals surface area (Å²) in [5.74, 6) is -2.11. The second-order valence-corrected chi connectivity index (χ2v) is 11.4. The van der Waals surface area contributed by atoms with Gasteiger partial charge in [-0.05, 0) is 46.8 Å². The minimum Gasteiger partial charge on any atom is -0.460 e. The van der Waals surface area contributed by atoms with Crippen LogP contribution in [0.15, 0.2) is 45.8 Å². The predicted octanol–water partition coefficient (Wildman–Crippen LogP) is 2.58. The van der Waals surface area contributed by atoms with Crippen LogP contribution in [0.3, 0.4) is 0 Å². The third kappa shape index (κ3) is 7.82. The van der Waals surface area contributed by atoms with Crippen molar-refractivity contribution in [1.29, 1.82) is 0 Å². The van der Waals surface area contributed by atoms with E-state index >= 15 is 0 Å². The lowest BCUT2D eigenvalue weighted by Crippen LogP contribution is -2.40. The van der Waals surface area contributed by atoms with Crippen LogP contribution >= 0.6 is 11.3 Å². The van der Waals surface area contributed by atoms with Crippen LogP contribution in [0.1, 0.15) is 40.3 Å². The molecule has 1 aromatic carbocycles. The number of rotatable bonds is 9. The summed E-state index contributed by atoms with van der Waals surface area (Å²) in [6, 6.07) is 7.80. The molecule has 2 aromatic rings. The number of benzene rings is 1. The molecule has 0 amide bonds. The highest BCUT2D eigenvalue weighted by molar-refractivity contribution is 7.91. The number of anilines is 1. The second-order valence-electron chi connectivity index (χ2n) is 8.38. The van der Waals surface area contributed by atoms with Gasteiger partial charge in [0, 0.05) is 5.38 Å². The number of oxime groups is 1. The average molecular weight is 498 g/mol. The maximum Gasteiger partial charge on any atom is 0.362 e. The molecule has 33 heavy (non-hydrogen) atoms. The molecule has 12 heteroatoms. The molecule has 2 rings (SSSR count). The Labute approximate surface area is 196 Å². The third-order valence-electron chi connectivity index (χ3n) is 3.90. The van der Waals surface area contributed by atoms with E-state index in [0.29, 0.717) is 0 Å². The van der Waals surface area contributed by atoms with Crippen molar-refractivity contribution in [2.45, 2.75) is 50.7 Å². The van der Waals surface area contributed by atoms with Crippen molar-refractivity contribution in [1.82, 2.24) is 4.98 Å². The monoisotopic (exact) mass is 497 g/mol. The van der Waals surface area contributed by atoms with Gasteiger partial charge >= 0.3 is 11.9 Å². The van der Waals surface area contributed by atoms with Crippen molar-refractivity contribution in [3.05, 3.63) is 41.4 Å². The Balaban J connectivity index is 2.15. The second kappa shape index (κ2) is 10.3. The largest absolute Gasteiger partial charge is 0.460 e. The van der Waals surface area contributed by atoms with Gasteiger partial charge in [0.05, 0.1) is 10.6 Å². The van der Waals surface area contributed by atoms with Gasteiger partial charge in [-0.2, -0.15) is 0 Å². The molecule has 1 aromatic heterocycles. The van der Waals surface area contributed by atoms with Gasteiger partial charge in [0.1, 0.15) is 17.9 Å². The fourth-order valence-corrected chi connectivity index (χ4v) is 3.90. The lowest BCUT2D eigenvalue weighted by molar-refractivity contribution is -0.179. The van der Waals surface area contributed by atoms with Crippen LogP contribution in [0.2, 0.25) is 0 Å². The SMILES string of the molecule is CC(C)(C)OC(=O)C(C)(C)O/N=C(\C(=O)OCCS(=O)(=O)c1ccccc1)c1csc(N)n1. The highest BCUT2D eigenvalue weighted by atomic mass is 32.2. The van der Waals surface area contributed by atoms with Gasteiger partial charge in [0.15, 0.2) is 15.0 Å². The zero-order valence-corrected chi connectivity index (χ0v) is 20.7. The summed E-state index contributed by atoms with van der Waals surface area (Å²) in [4.78, 5) is 34.5. The molecule has 0 unspecified atom stereocenters. The number of nitrogens with two attached hydrogens (primary N) is 1. The molecule has 0 saturated carbocycles. The molecule has 0 fully saturated rings. The predicted molar refractivity (Wildman–Crippen MR) is 124 cm³/mol. The Morgan fingerprint density at radius 2 is 1.76 bits per heavy atom. The van der Waals surface area contributed by atoms with E-state index in [9.17, 15) is 18.0 Å². The normalized spacial score (nSPS) is 12.8. The lowest BCUT2D eigenvalue weighted by atomic mass is 10.1. The minimum atomic E-state index is -3.65. The molecule has 0 atom stereocenters. The van der Waals surface area contributed by atoms with Crippen molar-refractivity contribution in [3.8, 4) is 0 Å². The standard InChI is InChI=1S/C21H27N3O7S2/c1-20(2,3)30-18(26)21(4,5)31-24-16(15-13-32-19(22)23-15)17(25)29-11-12-33(27,28)14-9-7-6-8-10-14/h6-10,13H,11-12H2,1-5H3,(H2,22,23)/b24-16-. The van der Waals surface area contributed by atoms with E-state index < -0.39 is 45.3 Å². The minimum absolute atomic E-state index is 0.0633. The molecule has 0 aliphatic heterocycles. The fourth-order valence-electron chi connectivity index (χ4n) is 2.24. The summed E-state index contributed by atoms with van der Waals surface area (Å²) < 4.78 is 35.2. The molecule has 180 valence electrons. The van der Waals surface area contributed by atoms with Crippen molar-refractivity contribution in [3.63, 3.8) is 0 Å². The molecule has 2 N–H and O–H groups in total. The number of nitrogen functional groups attached to an aromatic ring is 1. The number of hydrogen-bond acceptors (Lipinski definition) is 11. The number of carbonyl (C=O) groups excluding carboxylic acids is 2. The molecule has 0 spiro atoms. The first-order chi connectivity index (χ1) is 15.2. The maximum atomic E-state index is 12.7. The van der Waals surface area contributed by atoms with Gasteiger partial charge in [0.25, 0.3) is 0 Å². The Bertz CT molecular complexity index is 1120. The topological polar surface area (TPSA) is 147 Å². The van der Waals surface area contributed by atoms with Crippen LogP contribution in [0.5, 0.6) is 0 Å². The summed E-state index contributed by atoms with van der Waals surface area (Å²) in [6.45, 7) is 7.53. The number of esters is 2. The highest BCUT2D eigenvalue weighted by Crippen LogP contribution is 2.19. The van der Waals surface area contributed by atoms with Gasteiger partial charge in [0.2, 0.25) is 11.3 Å². The van der Waals surface area contributed by atoms with E-state index in [0.717, 1.165) is 11.3 Å². The average Bonchev–Trinajstić information content (AvgIpc) is 3.13. The Morgan fingerprint density at radius 3 is 2.30 bits per heavy atom. The molecular formula is C21H27N3O7S2. The smallest absolute Gasteiger partial charge is 0.362 e. The van der Waals surface area contributed by atoms with Gasteiger partial charge in [-0.3, -0.25) is 0 Å². The van der Waals surface area contributed by atoms with Crippen molar-refractivity contribution < 1.29 is 32.3 Å². The molecule has 0 aliphatic carbocycles. The van der Waals surface area contributed by atoms with Crippen molar-refractivity contribution in [2.75, 3.05) is 18.1 Å². The maximum absolute atomic E-state index is 12.7. The Morgan fingerprint density at radius 1 is 1.12 bits per heavy atom. The number of nitrogens with zero attached hydrogens (tertiary/aromatic N) is 2. The summed E-state index contributed by atoms with van der Waals surface area (Å²) in [5, 5.41) is 5.41. The van der Waals surface area contributed by atoms with Gasteiger partial charge in [-0.15, -0.1) is 11.3 Å². The van der Waals surface area contributed by atoms with Crippen LogP contribution in [0, 0.1) is 0 Å². The highest BCUT2D eigenvalue weighted by Gasteiger charge is 2.36. The van der Waals surface area contributed by atoms with Crippen LogP contribution in [-0.2, 0) is 33.7 Å². The Hall–Kier alpha value is -2.99. The molecule has 0 aliphatic rings. The van der Waals surface area contributed by atoms with Crippen LogP contribution in [-0.4, -0.2) is 54.6 Å². The molecule has 0 saturated heterocycles. The number of ether oxygens (including phenoxy) is 2. The van der Waals surface area contributed by atoms with Gasteiger partial charge in [-0.1, -0.05) is 23.4 Å². The number of thiazole rings is 1. The van der Waals surface area contributed by atoms with Crippen LogP contribution < -0.4 is 5.73 Å². The first-order valence-electron chi connectivity index (χ1n) is 9.87. The van der Waals surface area contributed by atoms with Crippen molar-refractivity contribution >= 4 is 44.0 Å². The van der Waals surface area contributed by atoms with E-state index in [2.05, 4.69) is 10.1 Å². The number of sulfone groups is 1. The van der Waals surface area contributed by atoms with Crippen LogP contribution in [0.25, 0.3) is 0 Å². The van der Waals surface area contributed by atoms with Gasteiger partial charge < -0.3 is 20.0 Å². The Kier molecular flexibility index (Phi) is 8.20. The first kappa shape index (κ1) is 26.3. The summed E-state index contributed by atoms with van der Waals surface area (Å²) in [6.07, 6.45) is 0.